The van der Waals surface area contributed by atoms with Gasteiger partial charge in [0.05, 0.1) is 28.5 Å². The van der Waals surface area contributed by atoms with Crippen LogP contribution in [0.15, 0.2) is 85.1 Å². The van der Waals surface area contributed by atoms with Crippen LogP contribution in [0.5, 0.6) is 5.75 Å². The number of rotatable bonds is 2. The third-order valence-corrected chi connectivity index (χ3v) is 8.46. The average Bonchev–Trinajstić information content (AvgIpc) is 3.66. The Labute approximate surface area is 255 Å². The summed E-state index contributed by atoms with van der Waals surface area (Å²) < 4.78 is 8.19. The van der Waals surface area contributed by atoms with E-state index in [4.69, 9.17) is 9.72 Å². The molecule has 4 heterocycles. The van der Waals surface area contributed by atoms with Crippen molar-refractivity contribution in [1.82, 2.24) is 14.5 Å². The number of para-hydroxylation sites is 1. The van der Waals surface area contributed by atoms with Crippen LogP contribution in [0.4, 0.5) is 0 Å². The fourth-order valence-electron chi connectivity index (χ4n) is 6.65. The van der Waals surface area contributed by atoms with Gasteiger partial charge in [0.25, 0.3) is 0 Å². The van der Waals surface area contributed by atoms with Crippen molar-refractivity contribution in [3.63, 3.8) is 0 Å². The summed E-state index contributed by atoms with van der Waals surface area (Å²) in [5.41, 5.74) is 9.42. The van der Waals surface area contributed by atoms with Gasteiger partial charge >= 0.3 is 0 Å². The molecule has 4 nitrogen and oxygen atoms in total. The number of imidazole rings is 1. The molecule has 1 fully saturated rings. The standard InChI is InChI=1S/C23H23N2.C13H10NO.Ir/c1-23(2)15-19(16-9-6-7-10-16)18-13-8-14-20-21(18)25(23)22(24-20)17-11-4-3-5-12-17;1-9-10-5-2-3-6-11(10)13-12(15-9)7-4-8-14-13;/h3-5,8,11,13-16H,6-7,9-10H2,1-2H3;2-5,7-9H,1H3;/q2*-1;. The van der Waals surface area contributed by atoms with Gasteiger partial charge in [-0.3, -0.25) is 4.98 Å². The second-order valence-electron chi connectivity index (χ2n) is 11.6. The monoisotopic (exact) mass is 716 g/mol. The van der Waals surface area contributed by atoms with Crippen LogP contribution in [0.25, 0.3) is 39.3 Å². The number of hydrogen-bond acceptors (Lipinski definition) is 3. The Balaban J connectivity index is 0.000000162. The second kappa shape index (κ2) is 11.0. The Hall–Kier alpha value is -3.53. The van der Waals surface area contributed by atoms with Crippen molar-refractivity contribution in [3.05, 3.63) is 108 Å². The molecule has 3 aliphatic rings. The van der Waals surface area contributed by atoms with E-state index in [9.17, 15) is 0 Å². The molecule has 41 heavy (non-hydrogen) atoms. The molecule has 3 aromatic carbocycles. The van der Waals surface area contributed by atoms with Gasteiger partial charge in [-0.05, 0) is 63.3 Å². The maximum absolute atomic E-state index is 5.78. The molecule has 5 heteroatoms. The average molecular weight is 716 g/mol. The van der Waals surface area contributed by atoms with E-state index >= 15 is 0 Å². The van der Waals surface area contributed by atoms with E-state index in [1.54, 1.807) is 11.8 Å². The molecule has 209 valence electrons. The third-order valence-electron chi connectivity index (χ3n) is 8.46. The maximum Gasteiger partial charge on any atom is 0.103 e. The summed E-state index contributed by atoms with van der Waals surface area (Å²) in [7, 11) is 0. The van der Waals surface area contributed by atoms with Crippen LogP contribution in [-0.4, -0.2) is 14.5 Å². The molecule has 2 aromatic heterocycles. The van der Waals surface area contributed by atoms with Crippen LogP contribution in [-0.2, 0) is 25.6 Å². The van der Waals surface area contributed by atoms with Gasteiger partial charge in [0.2, 0.25) is 0 Å². The number of aromatic nitrogens is 3. The topological polar surface area (TPSA) is 39.9 Å². The Bertz CT molecular complexity index is 1730. The summed E-state index contributed by atoms with van der Waals surface area (Å²) in [6.07, 6.45) is 9.73. The normalized spacial score (nSPS) is 18.2. The van der Waals surface area contributed by atoms with Gasteiger partial charge in [0, 0.05) is 37.6 Å². The second-order valence-corrected chi connectivity index (χ2v) is 11.6. The fraction of sp³-hybridized carbons (Fsp3) is 0.278. The van der Waals surface area contributed by atoms with Crippen molar-refractivity contribution in [2.24, 2.45) is 5.92 Å². The molecular weight excluding hydrogens is 683 g/mol. The number of fused-ring (bicyclic) bond motifs is 3. The summed E-state index contributed by atoms with van der Waals surface area (Å²) in [4.78, 5) is 9.35. The predicted octanol–water partition coefficient (Wildman–Crippen LogP) is 8.83. The number of ether oxygens (including phenoxy) is 1. The van der Waals surface area contributed by atoms with Gasteiger partial charge in [-0.2, -0.15) is 0 Å². The molecule has 2 aliphatic heterocycles. The van der Waals surface area contributed by atoms with Gasteiger partial charge in [-0.25, -0.2) is 0 Å². The first-order chi connectivity index (χ1) is 19.5. The number of pyridine rings is 1. The summed E-state index contributed by atoms with van der Waals surface area (Å²) in [6, 6.07) is 31.1. The van der Waals surface area contributed by atoms with Gasteiger partial charge in [-0.15, -0.1) is 65.7 Å². The van der Waals surface area contributed by atoms with Crippen LogP contribution in [0.3, 0.4) is 0 Å². The molecule has 5 aromatic rings. The van der Waals surface area contributed by atoms with Crippen LogP contribution >= 0.6 is 0 Å². The smallest absolute Gasteiger partial charge is 0.103 e. The predicted molar refractivity (Wildman–Crippen MR) is 161 cm³/mol. The minimum atomic E-state index is -0.0833. The van der Waals surface area contributed by atoms with Crippen LogP contribution in [0, 0.1) is 18.1 Å². The molecule has 1 radical (unpaired) electrons. The first-order valence-electron chi connectivity index (χ1n) is 14.4. The Morgan fingerprint density at radius 1 is 0.927 bits per heavy atom. The van der Waals surface area contributed by atoms with E-state index < -0.39 is 0 Å². The zero-order chi connectivity index (χ0) is 27.3. The molecular formula is C36H33IrN3O-2. The van der Waals surface area contributed by atoms with Crippen LogP contribution in [0.2, 0.25) is 0 Å². The van der Waals surface area contributed by atoms with Gasteiger partial charge in [0.1, 0.15) is 5.75 Å². The molecule has 1 saturated carbocycles. The molecule has 8 rings (SSSR count). The van der Waals surface area contributed by atoms with Crippen molar-refractivity contribution < 1.29 is 24.8 Å². The van der Waals surface area contributed by atoms with Crippen LogP contribution < -0.4 is 4.74 Å². The quantitative estimate of drug-likeness (QED) is 0.172. The van der Waals surface area contributed by atoms with Crippen molar-refractivity contribution in [2.45, 2.75) is 58.1 Å². The zero-order valence-electron chi connectivity index (χ0n) is 23.6. The Morgan fingerprint density at radius 2 is 1.76 bits per heavy atom. The van der Waals surface area contributed by atoms with Gasteiger partial charge in [-0.1, -0.05) is 36.6 Å². The van der Waals surface area contributed by atoms with Crippen molar-refractivity contribution in [1.29, 1.82) is 0 Å². The molecule has 0 saturated heterocycles. The zero-order valence-corrected chi connectivity index (χ0v) is 26.0. The Morgan fingerprint density at radius 3 is 2.56 bits per heavy atom. The SMILES string of the molecule is CC1(C)C=C(C2CCCC2)c2cccc3nc(-c4[c-]cccc4)n1c23.CC1Oc2cccnc2-c2[c-]cccc21.[Ir]. The minimum absolute atomic E-state index is 0. The summed E-state index contributed by atoms with van der Waals surface area (Å²) in [6.45, 7) is 6.67. The molecule has 1 unspecified atom stereocenters. The molecule has 0 spiro atoms. The fourth-order valence-corrected chi connectivity index (χ4v) is 6.65. The summed E-state index contributed by atoms with van der Waals surface area (Å²) >= 11 is 0. The summed E-state index contributed by atoms with van der Waals surface area (Å²) in [5.74, 6) is 2.58. The van der Waals surface area contributed by atoms with Gasteiger partial charge in [0.15, 0.2) is 0 Å². The van der Waals surface area contributed by atoms with E-state index in [0.29, 0.717) is 5.92 Å². The van der Waals surface area contributed by atoms with E-state index in [2.05, 4.69) is 78.0 Å². The van der Waals surface area contributed by atoms with E-state index in [1.807, 2.05) is 43.3 Å². The van der Waals surface area contributed by atoms with Crippen molar-refractivity contribution in [2.75, 3.05) is 0 Å². The Kier molecular flexibility index (Phi) is 7.44. The number of hydrogen-bond donors (Lipinski definition) is 0. The van der Waals surface area contributed by atoms with Crippen LogP contribution in [0.1, 0.15) is 63.7 Å². The van der Waals surface area contributed by atoms with Crippen molar-refractivity contribution >= 4 is 16.6 Å². The van der Waals surface area contributed by atoms with E-state index in [-0.39, 0.29) is 31.7 Å². The number of nitrogens with zero attached hydrogens (tertiary/aromatic N) is 3. The first-order valence-corrected chi connectivity index (χ1v) is 14.4. The molecule has 0 amide bonds. The first kappa shape index (κ1) is 27.6. The largest absolute Gasteiger partial charge is 0.503 e. The third kappa shape index (κ3) is 4.86. The van der Waals surface area contributed by atoms with E-state index in [0.717, 1.165) is 39.5 Å². The molecule has 1 atom stereocenters. The number of benzene rings is 3. The summed E-state index contributed by atoms with van der Waals surface area (Å²) in [5, 5.41) is 0. The molecule has 0 bridgehead atoms. The maximum atomic E-state index is 5.78. The minimum Gasteiger partial charge on any atom is -0.503 e. The molecule has 1 aliphatic carbocycles. The van der Waals surface area contributed by atoms with Gasteiger partial charge < -0.3 is 14.3 Å². The number of allylic oxidation sites excluding steroid dienone is 2. The van der Waals surface area contributed by atoms with E-state index in [1.165, 1.54) is 36.8 Å². The molecule has 0 N–H and O–H groups in total. The van der Waals surface area contributed by atoms with Crippen molar-refractivity contribution in [3.8, 4) is 28.4 Å².